The van der Waals surface area contributed by atoms with Crippen molar-refractivity contribution in [3.63, 3.8) is 0 Å². The summed E-state index contributed by atoms with van der Waals surface area (Å²) >= 11 is 0. The topological polar surface area (TPSA) is 61.8 Å². The minimum atomic E-state index is 0.620. The Bertz CT molecular complexity index is 721. The van der Waals surface area contributed by atoms with E-state index in [1.54, 1.807) is 20.4 Å². The summed E-state index contributed by atoms with van der Waals surface area (Å²) in [5.41, 5.74) is 3.70. The second kappa shape index (κ2) is 9.92. The van der Waals surface area contributed by atoms with Crippen molar-refractivity contribution in [1.82, 2.24) is 20.5 Å². The van der Waals surface area contributed by atoms with Crippen molar-refractivity contribution >= 4 is 5.96 Å². The largest absolute Gasteiger partial charge is 0.481 e. The molecule has 2 heterocycles. The van der Waals surface area contributed by atoms with E-state index in [4.69, 9.17) is 4.74 Å². The van der Waals surface area contributed by atoms with Crippen LogP contribution in [0.5, 0.6) is 5.88 Å². The number of nitrogens with zero attached hydrogens (tertiary/aromatic N) is 3. The summed E-state index contributed by atoms with van der Waals surface area (Å²) in [4.78, 5) is 11.0. The van der Waals surface area contributed by atoms with Crippen molar-refractivity contribution in [1.29, 1.82) is 0 Å². The number of nitrogens with one attached hydrogen (secondary N) is 2. The van der Waals surface area contributed by atoms with Gasteiger partial charge >= 0.3 is 0 Å². The van der Waals surface area contributed by atoms with Crippen molar-refractivity contribution in [2.75, 3.05) is 27.2 Å². The molecule has 1 aromatic heterocycles. The first-order chi connectivity index (χ1) is 13.3. The van der Waals surface area contributed by atoms with Crippen LogP contribution in [0.2, 0.25) is 0 Å². The van der Waals surface area contributed by atoms with Gasteiger partial charge in [-0.25, -0.2) is 4.98 Å². The third-order valence-electron chi connectivity index (χ3n) is 4.78. The van der Waals surface area contributed by atoms with Gasteiger partial charge in [0.25, 0.3) is 0 Å². The van der Waals surface area contributed by atoms with Gasteiger partial charge in [-0.05, 0) is 42.6 Å². The number of aromatic nitrogens is 1. The number of ether oxygens (including phenoxy) is 1. The van der Waals surface area contributed by atoms with Crippen LogP contribution in [-0.4, -0.2) is 43.1 Å². The molecule has 2 N–H and O–H groups in total. The normalized spacial score (nSPS) is 15.0. The third kappa shape index (κ3) is 5.96. The van der Waals surface area contributed by atoms with Gasteiger partial charge in [-0.3, -0.25) is 9.89 Å². The Hall–Kier alpha value is -2.60. The summed E-state index contributed by atoms with van der Waals surface area (Å²) in [7, 11) is 3.39. The van der Waals surface area contributed by atoms with Crippen molar-refractivity contribution in [3.8, 4) is 5.88 Å². The first-order valence-electron chi connectivity index (χ1n) is 9.50. The standard InChI is InChI=1S/C21H29N5O/c1-22-21(25-15-19-9-10-20(27-2)23-14-19)24-13-17-5-7-18(8-6-17)16-26-11-3-4-12-26/h5-10,14H,3-4,11-13,15-16H2,1-2H3,(H2,22,24,25). The molecule has 144 valence electrons. The minimum absolute atomic E-state index is 0.620. The Morgan fingerprint density at radius 1 is 1.00 bits per heavy atom. The van der Waals surface area contributed by atoms with Crippen molar-refractivity contribution < 1.29 is 4.74 Å². The molecule has 0 amide bonds. The van der Waals surface area contributed by atoms with Crippen LogP contribution in [-0.2, 0) is 19.6 Å². The van der Waals surface area contributed by atoms with E-state index < -0.39 is 0 Å². The number of aliphatic imine (C=N–C) groups is 1. The molecule has 0 saturated carbocycles. The van der Waals surface area contributed by atoms with Gasteiger partial charge in [-0.15, -0.1) is 0 Å². The average molecular weight is 367 g/mol. The van der Waals surface area contributed by atoms with Gasteiger partial charge in [0, 0.05) is 38.9 Å². The number of methoxy groups -OCH3 is 1. The fraction of sp³-hybridized carbons (Fsp3) is 0.429. The van der Waals surface area contributed by atoms with E-state index in [1.165, 1.54) is 37.1 Å². The summed E-state index contributed by atoms with van der Waals surface area (Å²) in [5, 5.41) is 6.66. The van der Waals surface area contributed by atoms with Crippen LogP contribution < -0.4 is 15.4 Å². The molecule has 1 saturated heterocycles. The Kier molecular flexibility index (Phi) is 7.04. The highest BCUT2D eigenvalue weighted by molar-refractivity contribution is 5.79. The van der Waals surface area contributed by atoms with Crippen LogP contribution in [0.4, 0.5) is 0 Å². The van der Waals surface area contributed by atoms with Crippen LogP contribution >= 0.6 is 0 Å². The monoisotopic (exact) mass is 367 g/mol. The van der Waals surface area contributed by atoms with E-state index >= 15 is 0 Å². The summed E-state index contributed by atoms with van der Waals surface area (Å²) in [6.07, 6.45) is 4.47. The SMILES string of the molecule is CN=C(NCc1ccc(CN2CCCC2)cc1)NCc1ccc(OC)nc1. The highest BCUT2D eigenvalue weighted by Gasteiger charge is 2.11. The van der Waals surface area contributed by atoms with Gasteiger partial charge in [0.15, 0.2) is 5.96 Å². The Labute approximate surface area is 161 Å². The fourth-order valence-electron chi connectivity index (χ4n) is 3.19. The molecule has 0 aliphatic carbocycles. The Morgan fingerprint density at radius 2 is 1.63 bits per heavy atom. The average Bonchev–Trinajstić information content (AvgIpc) is 3.23. The first-order valence-corrected chi connectivity index (χ1v) is 9.50. The molecule has 0 spiro atoms. The van der Waals surface area contributed by atoms with E-state index in [0.717, 1.165) is 24.6 Å². The molecule has 3 rings (SSSR count). The molecule has 1 fully saturated rings. The summed E-state index contributed by atoms with van der Waals surface area (Å²) < 4.78 is 5.08. The molecule has 0 unspecified atom stereocenters. The predicted molar refractivity (Wildman–Crippen MR) is 109 cm³/mol. The number of hydrogen-bond donors (Lipinski definition) is 2. The van der Waals surface area contributed by atoms with Gasteiger partial charge in [-0.2, -0.15) is 0 Å². The lowest BCUT2D eigenvalue weighted by Gasteiger charge is -2.15. The maximum Gasteiger partial charge on any atom is 0.212 e. The van der Waals surface area contributed by atoms with Gasteiger partial charge in [0.1, 0.15) is 0 Å². The molecule has 1 aliphatic heterocycles. The quantitative estimate of drug-likeness (QED) is 0.582. The number of hydrogen-bond acceptors (Lipinski definition) is 4. The highest BCUT2D eigenvalue weighted by Crippen LogP contribution is 2.13. The Morgan fingerprint density at radius 3 is 2.22 bits per heavy atom. The van der Waals surface area contributed by atoms with Crippen LogP contribution in [0.25, 0.3) is 0 Å². The number of guanidine groups is 1. The lowest BCUT2D eigenvalue weighted by Crippen LogP contribution is -2.36. The van der Waals surface area contributed by atoms with Gasteiger partial charge < -0.3 is 15.4 Å². The maximum atomic E-state index is 5.08. The third-order valence-corrected chi connectivity index (χ3v) is 4.78. The molecule has 1 aromatic carbocycles. The van der Waals surface area contributed by atoms with Gasteiger partial charge in [-0.1, -0.05) is 30.3 Å². The zero-order valence-corrected chi connectivity index (χ0v) is 16.2. The molecule has 6 nitrogen and oxygen atoms in total. The molecule has 27 heavy (non-hydrogen) atoms. The molecule has 2 aromatic rings. The minimum Gasteiger partial charge on any atom is -0.481 e. The van der Waals surface area contributed by atoms with E-state index in [1.807, 2.05) is 12.1 Å². The summed E-state index contributed by atoms with van der Waals surface area (Å²) in [6, 6.07) is 12.7. The zero-order valence-electron chi connectivity index (χ0n) is 16.2. The predicted octanol–water partition coefficient (Wildman–Crippen LogP) is 2.55. The van der Waals surface area contributed by atoms with Crippen LogP contribution in [0.3, 0.4) is 0 Å². The number of likely N-dealkylation sites (tertiary alicyclic amines) is 1. The first kappa shape index (κ1) is 19.2. The van der Waals surface area contributed by atoms with E-state index in [2.05, 4.69) is 49.8 Å². The maximum absolute atomic E-state index is 5.08. The molecule has 1 aliphatic rings. The molecule has 0 bridgehead atoms. The molecule has 0 radical (unpaired) electrons. The number of rotatable bonds is 7. The van der Waals surface area contributed by atoms with Gasteiger partial charge in [0.05, 0.1) is 7.11 Å². The zero-order chi connectivity index (χ0) is 18.9. The summed E-state index contributed by atoms with van der Waals surface area (Å²) in [5.74, 6) is 1.39. The lowest BCUT2D eigenvalue weighted by atomic mass is 10.1. The van der Waals surface area contributed by atoms with E-state index in [9.17, 15) is 0 Å². The molecular weight excluding hydrogens is 338 g/mol. The molecule has 6 heteroatoms. The van der Waals surface area contributed by atoms with Gasteiger partial charge in [0.2, 0.25) is 5.88 Å². The van der Waals surface area contributed by atoms with Crippen molar-refractivity contribution in [2.24, 2.45) is 4.99 Å². The number of benzene rings is 1. The molecule has 0 atom stereocenters. The van der Waals surface area contributed by atoms with Crippen LogP contribution in [0.1, 0.15) is 29.5 Å². The summed E-state index contributed by atoms with van der Waals surface area (Å²) in [6.45, 7) is 4.92. The smallest absolute Gasteiger partial charge is 0.212 e. The lowest BCUT2D eigenvalue weighted by molar-refractivity contribution is 0.331. The van der Waals surface area contributed by atoms with E-state index in [0.29, 0.717) is 12.4 Å². The van der Waals surface area contributed by atoms with Crippen LogP contribution in [0.15, 0.2) is 47.6 Å². The Balaban J connectivity index is 1.44. The fourth-order valence-corrected chi connectivity index (χ4v) is 3.19. The highest BCUT2D eigenvalue weighted by atomic mass is 16.5. The van der Waals surface area contributed by atoms with Crippen LogP contribution in [0, 0.1) is 0 Å². The second-order valence-corrected chi connectivity index (χ2v) is 6.79. The molecular formula is C21H29N5O. The van der Waals surface area contributed by atoms with Crippen molar-refractivity contribution in [3.05, 3.63) is 59.3 Å². The number of pyridine rings is 1. The second-order valence-electron chi connectivity index (χ2n) is 6.79. The van der Waals surface area contributed by atoms with E-state index in [-0.39, 0.29) is 0 Å². The van der Waals surface area contributed by atoms with Crippen molar-refractivity contribution in [2.45, 2.75) is 32.5 Å².